The molecule has 0 amide bonds. The molecule has 0 spiro atoms. The van der Waals surface area contributed by atoms with Crippen LogP contribution in [0, 0.1) is 5.92 Å². The molecule has 3 nitrogen and oxygen atoms in total. The minimum absolute atomic E-state index is 0.176. The van der Waals surface area contributed by atoms with E-state index in [-0.39, 0.29) is 11.7 Å². The number of aromatic hydroxyl groups is 1. The smallest absolute Gasteiger partial charge is 0.434 e. The zero-order valence-corrected chi connectivity index (χ0v) is 13.9. The number of hydrogen-bond acceptors (Lipinski definition) is 4. The Bertz CT molecular complexity index is 686. The van der Waals surface area contributed by atoms with Gasteiger partial charge in [-0.3, -0.25) is 4.98 Å². The lowest BCUT2D eigenvalue weighted by Gasteiger charge is -2.31. The van der Waals surface area contributed by atoms with Crippen LogP contribution < -0.4 is 0 Å². The average molecular weight is 356 g/mol. The summed E-state index contributed by atoms with van der Waals surface area (Å²) in [6.45, 7) is 0. The molecule has 0 radical (unpaired) electrons. The van der Waals surface area contributed by atoms with E-state index in [9.17, 15) is 18.3 Å². The summed E-state index contributed by atoms with van der Waals surface area (Å²) in [5.74, 6) is 0.720. The summed E-state index contributed by atoms with van der Waals surface area (Å²) in [6, 6.07) is 4.50. The molecule has 2 aromatic rings. The molecule has 0 aromatic carbocycles. The summed E-state index contributed by atoms with van der Waals surface area (Å²) in [7, 11) is 0. The Morgan fingerprint density at radius 1 is 1.25 bits per heavy atom. The Balaban J connectivity index is 1.68. The maximum atomic E-state index is 12.6. The maximum Gasteiger partial charge on any atom is 0.434 e. The molecule has 1 N–H and O–H groups in total. The van der Waals surface area contributed by atoms with E-state index in [1.165, 1.54) is 0 Å². The monoisotopic (exact) mass is 356 g/mol. The fourth-order valence-electron chi connectivity index (χ4n) is 3.50. The van der Waals surface area contributed by atoms with Gasteiger partial charge >= 0.3 is 6.18 Å². The lowest BCUT2D eigenvalue weighted by atomic mass is 9.75. The summed E-state index contributed by atoms with van der Waals surface area (Å²) in [6.07, 6.45) is 2.88. The Morgan fingerprint density at radius 2 is 2.04 bits per heavy atom. The molecular weight excluding hydrogens is 337 g/mol. The molecule has 2 heterocycles. The Kier molecular flexibility index (Phi) is 5.08. The number of nitrogens with zero attached hydrogens (tertiary/aromatic N) is 2. The molecule has 1 saturated carbocycles. The van der Waals surface area contributed by atoms with Crippen molar-refractivity contribution in [3.8, 4) is 5.75 Å². The molecule has 24 heavy (non-hydrogen) atoms. The van der Waals surface area contributed by atoms with E-state index in [1.54, 1.807) is 18.3 Å². The summed E-state index contributed by atoms with van der Waals surface area (Å²) >= 11 is 0.930. The van der Waals surface area contributed by atoms with Crippen molar-refractivity contribution in [1.29, 1.82) is 0 Å². The summed E-state index contributed by atoms with van der Waals surface area (Å²) in [5, 5.41) is 10.1. The van der Waals surface area contributed by atoms with Gasteiger partial charge in [0.15, 0.2) is 5.69 Å². The van der Waals surface area contributed by atoms with Crippen molar-refractivity contribution in [1.82, 2.24) is 9.36 Å². The maximum absolute atomic E-state index is 12.6. The molecule has 2 aromatic heterocycles. The van der Waals surface area contributed by atoms with E-state index in [0.717, 1.165) is 55.4 Å². The van der Waals surface area contributed by atoms with Gasteiger partial charge in [-0.2, -0.15) is 17.5 Å². The SMILES string of the molecule is Oc1cccnc1C1CCCCC1CCc1cc(C(F)(F)F)ns1. The van der Waals surface area contributed by atoms with Crippen molar-refractivity contribution in [2.45, 2.75) is 50.6 Å². The van der Waals surface area contributed by atoms with Crippen molar-refractivity contribution in [3.05, 3.63) is 40.7 Å². The first kappa shape index (κ1) is 17.2. The van der Waals surface area contributed by atoms with Gasteiger partial charge in [-0.25, -0.2) is 0 Å². The molecule has 2 unspecified atom stereocenters. The number of alkyl halides is 3. The van der Waals surface area contributed by atoms with Gasteiger partial charge < -0.3 is 5.11 Å². The Morgan fingerprint density at radius 3 is 2.75 bits per heavy atom. The van der Waals surface area contributed by atoms with Crippen LogP contribution in [0.4, 0.5) is 13.2 Å². The lowest BCUT2D eigenvalue weighted by molar-refractivity contribution is -0.140. The molecule has 130 valence electrons. The van der Waals surface area contributed by atoms with Crippen molar-refractivity contribution < 1.29 is 18.3 Å². The number of hydrogen-bond donors (Lipinski definition) is 1. The van der Waals surface area contributed by atoms with Gasteiger partial charge in [-0.1, -0.05) is 12.8 Å². The van der Waals surface area contributed by atoms with Crippen LogP contribution >= 0.6 is 11.5 Å². The van der Waals surface area contributed by atoms with Crippen molar-refractivity contribution in [3.63, 3.8) is 0 Å². The molecule has 1 aliphatic carbocycles. The fourth-order valence-corrected chi connectivity index (χ4v) is 4.25. The van der Waals surface area contributed by atoms with Gasteiger partial charge in [-0.15, -0.1) is 0 Å². The van der Waals surface area contributed by atoms with Crippen molar-refractivity contribution in [2.75, 3.05) is 0 Å². The molecule has 0 saturated heterocycles. The second kappa shape index (κ2) is 7.09. The first-order valence-corrected chi connectivity index (χ1v) is 8.89. The number of aryl methyl sites for hydroxylation is 1. The standard InChI is InChI=1S/C17H19F3N2OS/c18-17(19,20)15-10-12(24-22-15)8-7-11-4-1-2-5-13(11)16-14(23)6-3-9-21-16/h3,6,9-11,13,23H,1-2,4-5,7-8H2. The fraction of sp³-hybridized carbons (Fsp3) is 0.529. The van der Waals surface area contributed by atoms with Gasteiger partial charge in [-0.05, 0) is 61.3 Å². The van der Waals surface area contributed by atoms with E-state index in [0.29, 0.717) is 17.2 Å². The van der Waals surface area contributed by atoms with Crippen LogP contribution in [0.2, 0.25) is 0 Å². The van der Waals surface area contributed by atoms with E-state index in [2.05, 4.69) is 9.36 Å². The molecule has 1 aliphatic rings. The van der Waals surface area contributed by atoms with Gasteiger partial charge in [0.05, 0.1) is 5.69 Å². The van der Waals surface area contributed by atoms with E-state index in [1.807, 2.05) is 0 Å². The highest BCUT2D eigenvalue weighted by atomic mass is 32.1. The molecule has 2 atom stereocenters. The molecule has 1 fully saturated rings. The van der Waals surface area contributed by atoms with Crippen LogP contribution in [0.15, 0.2) is 24.4 Å². The van der Waals surface area contributed by atoms with Crippen LogP contribution in [0.25, 0.3) is 0 Å². The number of rotatable bonds is 4. The predicted molar refractivity (Wildman–Crippen MR) is 86.0 cm³/mol. The highest BCUT2D eigenvalue weighted by Crippen LogP contribution is 2.42. The average Bonchev–Trinajstić information content (AvgIpc) is 3.03. The van der Waals surface area contributed by atoms with Crippen molar-refractivity contribution in [2.24, 2.45) is 5.92 Å². The summed E-state index contributed by atoms with van der Waals surface area (Å²) in [4.78, 5) is 5.00. The minimum Gasteiger partial charge on any atom is -0.506 e. The van der Waals surface area contributed by atoms with Crippen LogP contribution in [0.5, 0.6) is 5.75 Å². The van der Waals surface area contributed by atoms with Crippen LogP contribution in [-0.4, -0.2) is 14.5 Å². The topological polar surface area (TPSA) is 46.0 Å². The highest BCUT2D eigenvalue weighted by Gasteiger charge is 2.34. The third-order valence-corrected chi connectivity index (χ3v) is 5.53. The third-order valence-electron chi connectivity index (χ3n) is 4.69. The van der Waals surface area contributed by atoms with E-state index < -0.39 is 11.9 Å². The number of aromatic nitrogens is 2. The second-order valence-corrected chi connectivity index (χ2v) is 7.16. The summed E-state index contributed by atoms with van der Waals surface area (Å²) in [5.41, 5.74) is -0.0763. The lowest BCUT2D eigenvalue weighted by Crippen LogP contribution is -2.19. The van der Waals surface area contributed by atoms with Crippen LogP contribution in [-0.2, 0) is 12.6 Å². The largest absolute Gasteiger partial charge is 0.506 e. The second-order valence-electron chi connectivity index (χ2n) is 6.27. The zero-order chi connectivity index (χ0) is 17.2. The summed E-state index contributed by atoms with van der Waals surface area (Å²) < 4.78 is 41.4. The molecular formula is C17H19F3N2OS. The highest BCUT2D eigenvalue weighted by molar-refractivity contribution is 7.05. The van der Waals surface area contributed by atoms with Gasteiger partial charge in [0.1, 0.15) is 5.75 Å². The molecule has 0 aliphatic heterocycles. The Labute approximate surface area is 142 Å². The Hall–Kier alpha value is -1.63. The van der Waals surface area contributed by atoms with E-state index >= 15 is 0 Å². The molecule has 7 heteroatoms. The van der Waals surface area contributed by atoms with Crippen LogP contribution in [0.3, 0.4) is 0 Å². The van der Waals surface area contributed by atoms with Gasteiger partial charge in [0, 0.05) is 17.0 Å². The van der Waals surface area contributed by atoms with Gasteiger partial charge in [0.2, 0.25) is 0 Å². The molecule has 3 rings (SSSR count). The number of halogens is 3. The first-order valence-electron chi connectivity index (χ1n) is 8.12. The zero-order valence-electron chi connectivity index (χ0n) is 13.1. The van der Waals surface area contributed by atoms with E-state index in [4.69, 9.17) is 0 Å². The predicted octanol–water partition coefficient (Wildman–Crippen LogP) is 5.17. The minimum atomic E-state index is -4.37. The normalized spacial score (nSPS) is 21.8. The van der Waals surface area contributed by atoms with Crippen LogP contribution in [0.1, 0.15) is 54.3 Å². The van der Waals surface area contributed by atoms with Gasteiger partial charge in [0.25, 0.3) is 0 Å². The number of pyridine rings is 1. The first-order chi connectivity index (χ1) is 11.4. The molecule has 0 bridgehead atoms. The van der Waals surface area contributed by atoms with Crippen molar-refractivity contribution >= 4 is 11.5 Å². The third kappa shape index (κ3) is 3.88. The quantitative estimate of drug-likeness (QED) is 0.822.